The van der Waals surface area contributed by atoms with Gasteiger partial charge in [-0.1, -0.05) is 53.5 Å². The Kier molecular flexibility index (Phi) is 3.49. The summed E-state index contributed by atoms with van der Waals surface area (Å²) in [5.74, 6) is 0. The standard InChI is InChI=1S/C13H10Cl2O/c14-11-2-1-3-12(15)13(11)10-6-4-9(8-16)5-7-10/h1-7,16H,8H2. The molecule has 3 heteroatoms. The summed E-state index contributed by atoms with van der Waals surface area (Å²) >= 11 is 12.2. The third-order valence-corrected chi connectivity index (χ3v) is 3.02. The molecule has 16 heavy (non-hydrogen) atoms. The lowest BCUT2D eigenvalue weighted by Gasteiger charge is -2.07. The molecule has 0 radical (unpaired) electrons. The minimum atomic E-state index is 0.0382. The highest BCUT2D eigenvalue weighted by Crippen LogP contribution is 2.34. The summed E-state index contributed by atoms with van der Waals surface area (Å²) in [4.78, 5) is 0. The third-order valence-electron chi connectivity index (χ3n) is 2.39. The van der Waals surface area contributed by atoms with E-state index in [1.54, 1.807) is 0 Å². The van der Waals surface area contributed by atoms with Gasteiger partial charge in [-0.15, -0.1) is 0 Å². The van der Waals surface area contributed by atoms with Crippen LogP contribution in [0.4, 0.5) is 0 Å². The zero-order chi connectivity index (χ0) is 11.5. The van der Waals surface area contributed by atoms with Crippen LogP contribution in [0.3, 0.4) is 0 Å². The summed E-state index contributed by atoms with van der Waals surface area (Å²) in [6.45, 7) is 0.0382. The molecule has 0 saturated carbocycles. The van der Waals surface area contributed by atoms with Crippen LogP contribution in [-0.2, 0) is 6.61 Å². The lowest BCUT2D eigenvalue weighted by molar-refractivity contribution is 0.282. The molecule has 0 amide bonds. The monoisotopic (exact) mass is 252 g/mol. The van der Waals surface area contributed by atoms with E-state index >= 15 is 0 Å². The van der Waals surface area contributed by atoms with Gasteiger partial charge in [0.15, 0.2) is 0 Å². The molecule has 0 fully saturated rings. The van der Waals surface area contributed by atoms with Crippen LogP contribution < -0.4 is 0 Å². The number of hydrogen-bond donors (Lipinski definition) is 1. The molecule has 0 aliphatic heterocycles. The van der Waals surface area contributed by atoms with Crippen molar-refractivity contribution in [1.29, 1.82) is 0 Å². The molecule has 0 unspecified atom stereocenters. The highest BCUT2D eigenvalue weighted by Gasteiger charge is 2.07. The minimum absolute atomic E-state index is 0.0382. The number of aliphatic hydroxyl groups is 1. The molecular formula is C13H10Cl2O. The number of halogens is 2. The van der Waals surface area contributed by atoms with Crippen molar-refractivity contribution in [2.24, 2.45) is 0 Å². The SMILES string of the molecule is OCc1ccc(-c2c(Cl)cccc2Cl)cc1. The van der Waals surface area contributed by atoms with Gasteiger partial charge in [0.25, 0.3) is 0 Å². The van der Waals surface area contributed by atoms with Gasteiger partial charge >= 0.3 is 0 Å². The van der Waals surface area contributed by atoms with E-state index in [1.807, 2.05) is 42.5 Å². The molecule has 1 nitrogen and oxygen atoms in total. The van der Waals surface area contributed by atoms with Gasteiger partial charge in [0.1, 0.15) is 0 Å². The normalized spacial score (nSPS) is 10.4. The Bertz CT molecular complexity index is 472. The fourth-order valence-electron chi connectivity index (χ4n) is 1.55. The molecule has 0 heterocycles. The maximum atomic E-state index is 8.96. The number of benzene rings is 2. The van der Waals surface area contributed by atoms with Gasteiger partial charge in [-0.3, -0.25) is 0 Å². The third kappa shape index (κ3) is 2.22. The zero-order valence-corrected chi connectivity index (χ0v) is 9.96. The van der Waals surface area contributed by atoms with E-state index in [0.29, 0.717) is 10.0 Å². The van der Waals surface area contributed by atoms with Crippen molar-refractivity contribution in [2.75, 3.05) is 0 Å². The molecule has 2 rings (SSSR count). The zero-order valence-electron chi connectivity index (χ0n) is 8.45. The number of aliphatic hydroxyl groups excluding tert-OH is 1. The fraction of sp³-hybridized carbons (Fsp3) is 0.0769. The van der Waals surface area contributed by atoms with Crippen molar-refractivity contribution in [3.63, 3.8) is 0 Å². The maximum absolute atomic E-state index is 8.96. The second kappa shape index (κ2) is 4.88. The van der Waals surface area contributed by atoms with Gasteiger partial charge in [0.2, 0.25) is 0 Å². The van der Waals surface area contributed by atoms with E-state index in [-0.39, 0.29) is 6.61 Å². The lowest BCUT2D eigenvalue weighted by atomic mass is 10.0. The van der Waals surface area contributed by atoms with Gasteiger partial charge in [-0.05, 0) is 23.3 Å². The van der Waals surface area contributed by atoms with E-state index < -0.39 is 0 Å². The van der Waals surface area contributed by atoms with Crippen LogP contribution >= 0.6 is 23.2 Å². The van der Waals surface area contributed by atoms with Crippen molar-refractivity contribution in [3.05, 3.63) is 58.1 Å². The van der Waals surface area contributed by atoms with Crippen LogP contribution in [-0.4, -0.2) is 5.11 Å². The number of rotatable bonds is 2. The first kappa shape index (κ1) is 11.5. The van der Waals surface area contributed by atoms with E-state index in [9.17, 15) is 0 Å². The molecule has 0 atom stereocenters. The predicted octanol–water partition coefficient (Wildman–Crippen LogP) is 4.15. The fourth-order valence-corrected chi connectivity index (χ4v) is 2.17. The number of hydrogen-bond acceptors (Lipinski definition) is 1. The molecule has 1 N–H and O–H groups in total. The summed E-state index contributed by atoms with van der Waals surface area (Å²) in [6, 6.07) is 12.9. The van der Waals surface area contributed by atoms with Gasteiger partial charge in [-0.25, -0.2) is 0 Å². The van der Waals surface area contributed by atoms with E-state index in [1.165, 1.54) is 0 Å². The maximum Gasteiger partial charge on any atom is 0.0681 e. The average Bonchev–Trinajstić information content (AvgIpc) is 2.30. The van der Waals surface area contributed by atoms with Gasteiger partial charge in [0, 0.05) is 15.6 Å². The van der Waals surface area contributed by atoms with E-state index in [0.717, 1.165) is 16.7 Å². The van der Waals surface area contributed by atoms with Crippen LogP contribution in [0.1, 0.15) is 5.56 Å². The Balaban J connectivity index is 2.50. The molecule has 0 aliphatic rings. The largest absolute Gasteiger partial charge is 0.392 e. The van der Waals surface area contributed by atoms with Crippen LogP contribution in [0.15, 0.2) is 42.5 Å². The van der Waals surface area contributed by atoms with Gasteiger partial charge < -0.3 is 5.11 Å². The second-order valence-electron chi connectivity index (χ2n) is 3.45. The summed E-state index contributed by atoms with van der Waals surface area (Å²) in [5.41, 5.74) is 2.65. The first-order chi connectivity index (χ1) is 7.72. The first-order valence-electron chi connectivity index (χ1n) is 4.86. The topological polar surface area (TPSA) is 20.2 Å². The van der Waals surface area contributed by atoms with Crippen LogP contribution in [0.25, 0.3) is 11.1 Å². The predicted molar refractivity (Wildman–Crippen MR) is 67.8 cm³/mol. The molecule has 0 spiro atoms. The van der Waals surface area contributed by atoms with Crippen LogP contribution in [0, 0.1) is 0 Å². The quantitative estimate of drug-likeness (QED) is 0.852. The molecule has 0 bridgehead atoms. The molecule has 2 aromatic rings. The van der Waals surface area contributed by atoms with Crippen molar-refractivity contribution >= 4 is 23.2 Å². The molecular weight excluding hydrogens is 243 g/mol. The van der Waals surface area contributed by atoms with E-state index in [4.69, 9.17) is 28.3 Å². The smallest absolute Gasteiger partial charge is 0.0681 e. The summed E-state index contributed by atoms with van der Waals surface area (Å²) in [7, 11) is 0. The molecule has 0 aliphatic carbocycles. The molecule has 0 aromatic heterocycles. The minimum Gasteiger partial charge on any atom is -0.392 e. The molecule has 82 valence electrons. The van der Waals surface area contributed by atoms with E-state index in [2.05, 4.69) is 0 Å². The Hall–Kier alpha value is -1.02. The van der Waals surface area contributed by atoms with Crippen LogP contribution in [0.5, 0.6) is 0 Å². The summed E-state index contributed by atoms with van der Waals surface area (Å²) in [6.07, 6.45) is 0. The Labute approximate surface area is 104 Å². The highest BCUT2D eigenvalue weighted by molar-refractivity contribution is 6.39. The van der Waals surface area contributed by atoms with Crippen molar-refractivity contribution in [2.45, 2.75) is 6.61 Å². The Morgan fingerprint density at radius 3 is 1.94 bits per heavy atom. The summed E-state index contributed by atoms with van der Waals surface area (Å²) in [5, 5.41) is 10.2. The lowest BCUT2D eigenvalue weighted by Crippen LogP contribution is -1.85. The second-order valence-corrected chi connectivity index (χ2v) is 4.27. The van der Waals surface area contributed by atoms with Crippen molar-refractivity contribution in [3.8, 4) is 11.1 Å². The average molecular weight is 253 g/mol. The molecule has 2 aromatic carbocycles. The Morgan fingerprint density at radius 1 is 0.875 bits per heavy atom. The van der Waals surface area contributed by atoms with Gasteiger partial charge in [0.05, 0.1) is 6.61 Å². The van der Waals surface area contributed by atoms with Crippen molar-refractivity contribution < 1.29 is 5.11 Å². The summed E-state index contributed by atoms with van der Waals surface area (Å²) < 4.78 is 0. The van der Waals surface area contributed by atoms with Gasteiger partial charge in [-0.2, -0.15) is 0 Å². The van der Waals surface area contributed by atoms with Crippen molar-refractivity contribution in [1.82, 2.24) is 0 Å². The Morgan fingerprint density at radius 2 is 1.44 bits per heavy atom. The van der Waals surface area contributed by atoms with Crippen LogP contribution in [0.2, 0.25) is 10.0 Å². The first-order valence-corrected chi connectivity index (χ1v) is 5.62. The highest BCUT2D eigenvalue weighted by atomic mass is 35.5. The molecule has 0 saturated heterocycles.